The first kappa shape index (κ1) is 27.0. The molecule has 1 spiro atoms. The van der Waals surface area contributed by atoms with Gasteiger partial charge in [-0.25, -0.2) is 0 Å². The highest BCUT2D eigenvalue weighted by atomic mass is 32.2. The van der Waals surface area contributed by atoms with Gasteiger partial charge >= 0.3 is 0 Å². The van der Waals surface area contributed by atoms with Crippen LogP contribution < -0.4 is 10.6 Å². The zero-order valence-electron chi connectivity index (χ0n) is 21.6. The van der Waals surface area contributed by atoms with Gasteiger partial charge in [0.05, 0.1) is 16.6 Å². The third-order valence-corrected chi connectivity index (χ3v) is 10.3. The summed E-state index contributed by atoms with van der Waals surface area (Å²) in [5, 5.41) is 15.3. The Morgan fingerprint density at radius 1 is 1.08 bits per heavy atom. The van der Waals surface area contributed by atoms with Gasteiger partial charge in [0.25, 0.3) is 0 Å². The molecule has 4 rings (SSSR count). The zero-order chi connectivity index (χ0) is 25.7. The van der Waals surface area contributed by atoms with Crippen molar-refractivity contribution in [3.8, 4) is 0 Å². The molecule has 3 fully saturated rings. The molecule has 3 saturated heterocycles. The maximum atomic E-state index is 14.0. The maximum Gasteiger partial charge on any atom is 0.244 e. The number of carbonyl (C=O) groups is 3. The number of likely N-dealkylation sites (tertiary alicyclic amines) is 1. The fourth-order valence-corrected chi connectivity index (χ4v) is 8.92. The maximum absolute atomic E-state index is 14.0. The molecule has 0 aromatic heterocycles. The number of unbranched alkanes of at least 4 members (excludes halogenated alkanes) is 4. The molecular weight excluding hydrogens is 474 g/mol. The average molecular weight is 516 g/mol. The van der Waals surface area contributed by atoms with Crippen molar-refractivity contribution in [3.63, 3.8) is 0 Å². The Morgan fingerprint density at radius 2 is 1.83 bits per heavy atom. The van der Waals surface area contributed by atoms with Crippen molar-refractivity contribution >= 4 is 29.5 Å². The van der Waals surface area contributed by atoms with Crippen LogP contribution in [0.15, 0.2) is 30.3 Å². The van der Waals surface area contributed by atoms with Crippen LogP contribution in [0.3, 0.4) is 0 Å². The van der Waals surface area contributed by atoms with Crippen LogP contribution in [0.5, 0.6) is 0 Å². The lowest BCUT2D eigenvalue weighted by Gasteiger charge is -2.38. The third kappa shape index (κ3) is 5.03. The van der Waals surface area contributed by atoms with Gasteiger partial charge in [-0.05, 0) is 37.2 Å². The summed E-state index contributed by atoms with van der Waals surface area (Å²) in [5.41, 5.74) is 1.03. The summed E-state index contributed by atoms with van der Waals surface area (Å²) < 4.78 is -0.558. The number of fused-ring (bicyclic) bond motifs is 1. The van der Waals surface area contributed by atoms with E-state index < -0.39 is 22.6 Å². The molecule has 3 unspecified atom stereocenters. The standard InChI is InChI=1S/C28H41N3O4S/c1-3-4-14-29-26(34)24-28-19(2)17-21(36-28)22(25(33)30-18-20-12-8-7-9-13-20)23(28)27(35)31(24)15-10-5-6-11-16-32/h7-9,12-13,19,21-24,32H,3-6,10-11,14-18H2,1-2H3,(H,29,34)(H,30,33)/t19?,21-,22+,23+,24?,28?/m1/s1. The third-order valence-electron chi connectivity index (χ3n) is 8.24. The summed E-state index contributed by atoms with van der Waals surface area (Å²) in [6, 6.07) is 9.27. The number of aliphatic hydroxyl groups excluding tert-OH is 1. The minimum absolute atomic E-state index is 0.0331. The number of hydrogen-bond acceptors (Lipinski definition) is 5. The molecule has 1 aromatic carbocycles. The Labute approximate surface area is 219 Å². The first-order valence-electron chi connectivity index (χ1n) is 13.6. The van der Waals surface area contributed by atoms with Crippen molar-refractivity contribution in [1.29, 1.82) is 0 Å². The van der Waals surface area contributed by atoms with Gasteiger partial charge < -0.3 is 20.6 Å². The molecule has 6 atom stereocenters. The van der Waals surface area contributed by atoms with E-state index in [2.05, 4.69) is 24.5 Å². The summed E-state index contributed by atoms with van der Waals surface area (Å²) in [5.74, 6) is -0.868. The number of nitrogens with one attached hydrogen (secondary N) is 2. The van der Waals surface area contributed by atoms with Gasteiger partial charge in [-0.1, -0.05) is 63.4 Å². The predicted molar refractivity (Wildman–Crippen MR) is 142 cm³/mol. The SMILES string of the molecule is CCCCNC(=O)C1N(CCCCCCO)C(=O)[C@@H]2[C@@H](C(=O)NCc3ccccc3)[C@H]3CC(C)C12S3. The van der Waals surface area contributed by atoms with E-state index in [4.69, 9.17) is 5.11 Å². The molecule has 3 N–H and O–H groups in total. The van der Waals surface area contributed by atoms with Crippen molar-refractivity contribution in [2.45, 2.75) is 81.4 Å². The highest BCUT2D eigenvalue weighted by Crippen LogP contribution is 2.68. The Bertz CT molecular complexity index is 929. The average Bonchev–Trinajstić information content (AvgIpc) is 3.47. The van der Waals surface area contributed by atoms with Crippen LogP contribution in [0.2, 0.25) is 0 Å². The van der Waals surface area contributed by atoms with Gasteiger partial charge in [0.1, 0.15) is 6.04 Å². The fourth-order valence-electron chi connectivity index (χ4n) is 6.50. The van der Waals surface area contributed by atoms with E-state index in [1.807, 2.05) is 30.3 Å². The van der Waals surface area contributed by atoms with Crippen LogP contribution >= 0.6 is 11.8 Å². The topological polar surface area (TPSA) is 98.7 Å². The Morgan fingerprint density at radius 3 is 2.56 bits per heavy atom. The number of nitrogens with zero attached hydrogens (tertiary/aromatic N) is 1. The van der Waals surface area contributed by atoms with Crippen molar-refractivity contribution in [2.24, 2.45) is 17.8 Å². The van der Waals surface area contributed by atoms with E-state index >= 15 is 0 Å². The van der Waals surface area contributed by atoms with Crippen molar-refractivity contribution in [3.05, 3.63) is 35.9 Å². The zero-order valence-corrected chi connectivity index (χ0v) is 22.4. The first-order chi connectivity index (χ1) is 17.5. The summed E-state index contributed by atoms with van der Waals surface area (Å²) >= 11 is 1.73. The lowest BCUT2D eigenvalue weighted by molar-refractivity contribution is -0.140. The summed E-state index contributed by atoms with van der Waals surface area (Å²) in [4.78, 5) is 42.9. The lowest BCUT2D eigenvalue weighted by Crippen LogP contribution is -2.56. The van der Waals surface area contributed by atoms with Crippen LogP contribution in [-0.4, -0.2) is 63.5 Å². The molecule has 3 amide bonds. The predicted octanol–water partition coefficient (Wildman–Crippen LogP) is 3.11. The minimum atomic E-state index is -0.558. The molecule has 0 aliphatic carbocycles. The van der Waals surface area contributed by atoms with Gasteiger partial charge in [-0.3, -0.25) is 14.4 Å². The lowest BCUT2D eigenvalue weighted by atomic mass is 9.66. The Hall–Kier alpha value is -2.06. The monoisotopic (exact) mass is 515 g/mol. The van der Waals surface area contributed by atoms with Crippen molar-refractivity contribution < 1.29 is 19.5 Å². The summed E-state index contributed by atoms with van der Waals surface area (Å²) in [7, 11) is 0. The van der Waals surface area contributed by atoms with Crippen molar-refractivity contribution in [1.82, 2.24) is 15.5 Å². The molecular formula is C28H41N3O4S. The van der Waals surface area contributed by atoms with Gasteiger partial charge in [-0.2, -0.15) is 0 Å². The molecule has 36 heavy (non-hydrogen) atoms. The van der Waals surface area contributed by atoms with E-state index in [1.165, 1.54) is 0 Å². The second-order valence-corrected chi connectivity index (χ2v) is 12.1. The smallest absolute Gasteiger partial charge is 0.244 e. The fraction of sp³-hybridized carbons (Fsp3) is 0.679. The molecule has 0 radical (unpaired) electrons. The second kappa shape index (κ2) is 12.0. The van der Waals surface area contributed by atoms with Crippen LogP contribution in [0, 0.1) is 17.8 Å². The Balaban J connectivity index is 1.56. The second-order valence-electron chi connectivity index (χ2n) is 10.6. The van der Waals surface area contributed by atoms with E-state index in [1.54, 1.807) is 16.7 Å². The molecule has 3 heterocycles. The van der Waals surface area contributed by atoms with Gasteiger partial charge in [-0.15, -0.1) is 11.8 Å². The van der Waals surface area contributed by atoms with E-state index in [-0.39, 0.29) is 35.5 Å². The number of rotatable bonds is 13. The number of amides is 3. The molecule has 8 heteroatoms. The molecule has 1 aromatic rings. The Kier molecular flexibility index (Phi) is 8.99. The van der Waals surface area contributed by atoms with Crippen molar-refractivity contribution in [2.75, 3.05) is 19.7 Å². The molecule has 0 saturated carbocycles. The molecule has 198 valence electrons. The first-order valence-corrected chi connectivity index (χ1v) is 14.5. The van der Waals surface area contributed by atoms with Gasteiger partial charge in [0, 0.05) is 31.5 Å². The van der Waals surface area contributed by atoms with Gasteiger partial charge in [0.15, 0.2) is 0 Å². The molecule has 7 nitrogen and oxygen atoms in total. The van der Waals surface area contributed by atoms with E-state index in [0.29, 0.717) is 19.6 Å². The number of carbonyl (C=O) groups excluding carboxylic acids is 3. The van der Waals surface area contributed by atoms with Crippen LogP contribution in [0.25, 0.3) is 0 Å². The highest BCUT2D eigenvalue weighted by Gasteiger charge is 2.75. The summed E-state index contributed by atoms with van der Waals surface area (Å²) in [6.45, 7) is 5.98. The summed E-state index contributed by atoms with van der Waals surface area (Å²) in [6.07, 6.45) is 6.08. The number of hydrogen-bond donors (Lipinski definition) is 3. The molecule has 3 aliphatic rings. The highest BCUT2D eigenvalue weighted by molar-refractivity contribution is 8.02. The largest absolute Gasteiger partial charge is 0.396 e. The molecule has 3 aliphatic heterocycles. The van der Waals surface area contributed by atoms with E-state index in [0.717, 1.165) is 50.5 Å². The number of aliphatic hydroxyl groups is 1. The number of thioether (sulfide) groups is 1. The van der Waals surface area contributed by atoms with Crippen LogP contribution in [0.4, 0.5) is 0 Å². The van der Waals surface area contributed by atoms with Crippen LogP contribution in [-0.2, 0) is 20.9 Å². The van der Waals surface area contributed by atoms with Gasteiger partial charge in [0.2, 0.25) is 17.7 Å². The van der Waals surface area contributed by atoms with E-state index in [9.17, 15) is 14.4 Å². The van der Waals surface area contributed by atoms with Crippen LogP contribution in [0.1, 0.15) is 64.4 Å². The number of benzene rings is 1. The minimum Gasteiger partial charge on any atom is -0.396 e. The normalized spacial score (nSPS) is 30.5. The molecule has 2 bridgehead atoms. The quantitative estimate of drug-likeness (QED) is 0.351.